The highest BCUT2D eigenvalue weighted by molar-refractivity contribution is 7.89. The molecule has 0 aliphatic carbocycles. The van der Waals surface area contributed by atoms with Crippen molar-refractivity contribution >= 4 is 44.1 Å². The Morgan fingerprint density at radius 3 is 2.53 bits per heavy atom. The molecule has 30 heavy (non-hydrogen) atoms. The number of nitrogens with one attached hydrogen (secondary N) is 2. The van der Waals surface area contributed by atoms with Crippen LogP contribution < -0.4 is 15.6 Å². The van der Waals surface area contributed by atoms with Gasteiger partial charge in [0.05, 0.1) is 22.1 Å². The van der Waals surface area contributed by atoms with E-state index >= 15 is 0 Å². The van der Waals surface area contributed by atoms with Crippen molar-refractivity contribution in [3.63, 3.8) is 0 Å². The van der Waals surface area contributed by atoms with Gasteiger partial charge >= 0.3 is 0 Å². The number of amides is 1. The van der Waals surface area contributed by atoms with Gasteiger partial charge in [-0.25, -0.2) is 18.1 Å². The maximum atomic E-state index is 12.5. The van der Waals surface area contributed by atoms with E-state index in [-0.39, 0.29) is 22.9 Å². The van der Waals surface area contributed by atoms with E-state index in [1.165, 1.54) is 41.2 Å². The highest BCUT2D eigenvalue weighted by Crippen LogP contribution is 2.15. The lowest BCUT2D eigenvalue weighted by molar-refractivity contribution is -0.116. The molecule has 0 aliphatic heterocycles. The molecule has 0 fully saturated rings. The number of rotatable bonds is 7. The highest BCUT2D eigenvalue weighted by Gasteiger charge is 2.14. The molecule has 2 aromatic carbocycles. The van der Waals surface area contributed by atoms with Crippen LogP contribution in [0, 0.1) is 5.92 Å². The zero-order chi connectivity index (χ0) is 21.9. The summed E-state index contributed by atoms with van der Waals surface area (Å²) in [5.74, 6) is -0.267. The fourth-order valence-electron chi connectivity index (χ4n) is 2.68. The number of anilines is 1. The summed E-state index contributed by atoms with van der Waals surface area (Å²) in [6, 6.07) is 10.6. The molecule has 0 saturated heterocycles. The third-order valence-corrected chi connectivity index (χ3v) is 5.90. The molecule has 1 amide bonds. The fourth-order valence-corrected chi connectivity index (χ4v) is 4.06. The van der Waals surface area contributed by atoms with Crippen LogP contribution in [0.4, 0.5) is 5.69 Å². The molecule has 2 N–H and O–H groups in total. The molecule has 0 spiro atoms. The molecule has 158 valence electrons. The van der Waals surface area contributed by atoms with E-state index in [9.17, 15) is 18.0 Å². The van der Waals surface area contributed by atoms with Gasteiger partial charge in [0.1, 0.15) is 6.54 Å². The number of carbonyl (C=O) groups is 1. The average Bonchev–Trinajstić information content (AvgIpc) is 2.69. The summed E-state index contributed by atoms with van der Waals surface area (Å²) in [4.78, 5) is 29.2. The number of nitrogens with zero attached hydrogens (tertiary/aromatic N) is 2. The Morgan fingerprint density at radius 2 is 1.87 bits per heavy atom. The lowest BCUT2D eigenvalue weighted by Crippen LogP contribution is -2.28. The van der Waals surface area contributed by atoms with Crippen molar-refractivity contribution in [1.29, 1.82) is 0 Å². The summed E-state index contributed by atoms with van der Waals surface area (Å²) >= 11 is 5.93. The number of sulfonamides is 1. The van der Waals surface area contributed by atoms with Crippen LogP contribution in [0.2, 0.25) is 5.02 Å². The van der Waals surface area contributed by atoms with Crippen LogP contribution in [0.1, 0.15) is 13.8 Å². The summed E-state index contributed by atoms with van der Waals surface area (Å²) in [6.07, 6.45) is 1.30. The molecule has 8 nitrogen and oxygen atoms in total. The molecule has 0 bridgehead atoms. The monoisotopic (exact) mass is 448 g/mol. The molecule has 0 aliphatic rings. The van der Waals surface area contributed by atoms with E-state index in [4.69, 9.17) is 11.6 Å². The van der Waals surface area contributed by atoms with Gasteiger partial charge in [-0.1, -0.05) is 25.4 Å². The SMILES string of the molecule is CC(C)CNS(=O)(=O)c1ccc(NC(=O)Cn2cnc3ccc(Cl)cc3c2=O)cc1. The van der Waals surface area contributed by atoms with Gasteiger partial charge in [-0.2, -0.15) is 0 Å². The van der Waals surface area contributed by atoms with Gasteiger partial charge in [0.15, 0.2) is 0 Å². The van der Waals surface area contributed by atoms with E-state index in [0.717, 1.165) is 0 Å². The number of carbonyl (C=O) groups excluding carboxylic acids is 1. The van der Waals surface area contributed by atoms with Crippen LogP contribution in [0.5, 0.6) is 0 Å². The second-order valence-corrected chi connectivity index (χ2v) is 9.36. The predicted molar refractivity (Wildman–Crippen MR) is 116 cm³/mol. The third-order valence-electron chi connectivity index (χ3n) is 4.23. The maximum absolute atomic E-state index is 12.5. The van der Waals surface area contributed by atoms with Crippen molar-refractivity contribution in [2.45, 2.75) is 25.3 Å². The first-order valence-electron chi connectivity index (χ1n) is 9.20. The van der Waals surface area contributed by atoms with Crippen molar-refractivity contribution in [2.24, 2.45) is 5.92 Å². The number of hydrogen-bond acceptors (Lipinski definition) is 5. The fraction of sp³-hybridized carbons (Fsp3) is 0.250. The van der Waals surface area contributed by atoms with Gasteiger partial charge in [0, 0.05) is 17.3 Å². The number of fused-ring (bicyclic) bond motifs is 1. The summed E-state index contributed by atoms with van der Waals surface area (Å²) in [5.41, 5.74) is 0.520. The van der Waals surface area contributed by atoms with Gasteiger partial charge < -0.3 is 5.32 Å². The molecular formula is C20H21ClN4O4S. The second kappa shape index (κ2) is 8.95. The van der Waals surface area contributed by atoms with E-state index < -0.39 is 15.9 Å². The van der Waals surface area contributed by atoms with Gasteiger partial charge in [-0.05, 0) is 48.4 Å². The van der Waals surface area contributed by atoms with E-state index in [1.54, 1.807) is 12.1 Å². The number of halogens is 1. The quantitative estimate of drug-likeness (QED) is 0.577. The summed E-state index contributed by atoms with van der Waals surface area (Å²) in [5, 5.41) is 3.36. The first-order chi connectivity index (χ1) is 14.2. The molecule has 0 radical (unpaired) electrons. The molecule has 0 saturated carbocycles. The smallest absolute Gasteiger partial charge is 0.261 e. The lowest BCUT2D eigenvalue weighted by atomic mass is 10.2. The summed E-state index contributed by atoms with van der Waals surface area (Å²) < 4.78 is 28.2. The van der Waals surface area contributed by atoms with Crippen molar-refractivity contribution < 1.29 is 13.2 Å². The summed E-state index contributed by atoms with van der Waals surface area (Å²) in [7, 11) is -3.61. The van der Waals surface area contributed by atoms with E-state index in [2.05, 4.69) is 15.0 Å². The first kappa shape index (κ1) is 21.9. The zero-order valence-electron chi connectivity index (χ0n) is 16.4. The van der Waals surface area contributed by atoms with Crippen molar-refractivity contribution in [3.05, 3.63) is 64.2 Å². The van der Waals surface area contributed by atoms with Gasteiger partial charge in [-0.3, -0.25) is 14.2 Å². The zero-order valence-corrected chi connectivity index (χ0v) is 18.0. The minimum Gasteiger partial charge on any atom is -0.325 e. The van der Waals surface area contributed by atoms with E-state index in [0.29, 0.717) is 28.2 Å². The average molecular weight is 449 g/mol. The van der Waals surface area contributed by atoms with Crippen LogP contribution in [0.3, 0.4) is 0 Å². The first-order valence-corrected chi connectivity index (χ1v) is 11.1. The number of benzene rings is 2. The Kier molecular flexibility index (Phi) is 6.55. The minimum atomic E-state index is -3.61. The molecule has 0 unspecified atom stereocenters. The summed E-state index contributed by atoms with van der Waals surface area (Å²) in [6.45, 7) is 3.91. The Labute approximate surface area is 178 Å². The molecule has 10 heteroatoms. The highest BCUT2D eigenvalue weighted by atomic mass is 35.5. The van der Waals surface area contributed by atoms with Crippen LogP contribution in [-0.2, 0) is 21.4 Å². The molecular weight excluding hydrogens is 428 g/mol. The largest absolute Gasteiger partial charge is 0.325 e. The molecule has 3 aromatic rings. The van der Waals surface area contributed by atoms with Gasteiger partial charge in [0.2, 0.25) is 15.9 Å². The van der Waals surface area contributed by atoms with Crippen molar-refractivity contribution in [1.82, 2.24) is 14.3 Å². The Morgan fingerprint density at radius 1 is 1.17 bits per heavy atom. The van der Waals surface area contributed by atoms with Crippen LogP contribution in [0.25, 0.3) is 10.9 Å². The van der Waals surface area contributed by atoms with Gasteiger partial charge in [-0.15, -0.1) is 0 Å². The topological polar surface area (TPSA) is 110 Å². The lowest BCUT2D eigenvalue weighted by Gasteiger charge is -2.10. The molecule has 0 atom stereocenters. The number of hydrogen-bond donors (Lipinski definition) is 2. The Bertz CT molecular complexity index is 1240. The van der Waals surface area contributed by atoms with Crippen LogP contribution in [0.15, 0.2) is 58.5 Å². The third kappa shape index (κ3) is 5.24. The van der Waals surface area contributed by atoms with Crippen molar-refractivity contribution in [3.8, 4) is 0 Å². The minimum absolute atomic E-state index is 0.105. The molecule has 1 aromatic heterocycles. The molecule has 1 heterocycles. The van der Waals surface area contributed by atoms with E-state index in [1.807, 2.05) is 13.8 Å². The van der Waals surface area contributed by atoms with Crippen LogP contribution >= 0.6 is 11.6 Å². The Hall–Kier alpha value is -2.75. The standard InChI is InChI=1S/C20H21ClN4O4S/c1-13(2)10-23-30(28,29)16-6-4-15(5-7-16)24-19(26)11-25-12-22-18-8-3-14(21)9-17(18)20(25)27/h3-9,12-13,23H,10-11H2,1-2H3,(H,24,26). The second-order valence-electron chi connectivity index (χ2n) is 7.16. The maximum Gasteiger partial charge on any atom is 0.261 e. The predicted octanol–water partition coefficient (Wildman–Crippen LogP) is 2.62. The normalized spacial score (nSPS) is 11.7. The van der Waals surface area contributed by atoms with Crippen LogP contribution in [-0.4, -0.2) is 30.4 Å². The van der Waals surface area contributed by atoms with Gasteiger partial charge in [0.25, 0.3) is 5.56 Å². The number of aromatic nitrogens is 2. The Balaban J connectivity index is 1.70. The molecule has 3 rings (SSSR count). The van der Waals surface area contributed by atoms with Crippen molar-refractivity contribution in [2.75, 3.05) is 11.9 Å².